The predicted octanol–water partition coefficient (Wildman–Crippen LogP) is 2.08. The average Bonchev–Trinajstić information content (AvgIpc) is 2.73. The molecular weight excluding hydrogens is 254 g/mol. The first-order valence-electron chi connectivity index (χ1n) is 7.93. The highest BCUT2D eigenvalue weighted by molar-refractivity contribution is 5.72. The van der Waals surface area contributed by atoms with E-state index in [2.05, 4.69) is 25.7 Å². The van der Waals surface area contributed by atoms with Gasteiger partial charge < -0.3 is 9.47 Å². The first kappa shape index (κ1) is 14.3. The number of carbonyl (C=O) groups excluding carboxylic acids is 1. The maximum absolute atomic E-state index is 12.2. The normalized spacial score (nSPS) is 40.0. The van der Waals surface area contributed by atoms with Crippen LogP contribution in [-0.4, -0.2) is 49.8 Å². The van der Waals surface area contributed by atoms with Crippen LogP contribution in [0.15, 0.2) is 0 Å². The van der Waals surface area contributed by atoms with E-state index in [1.165, 1.54) is 12.8 Å². The van der Waals surface area contributed by atoms with Crippen molar-refractivity contribution in [2.45, 2.75) is 46.1 Å². The third-order valence-electron chi connectivity index (χ3n) is 6.44. The molecule has 4 heteroatoms. The molecule has 0 aromatic rings. The molecule has 1 heterocycles. The van der Waals surface area contributed by atoms with Crippen molar-refractivity contribution in [3.63, 3.8) is 0 Å². The van der Waals surface area contributed by atoms with Crippen molar-refractivity contribution < 1.29 is 14.3 Å². The number of nitrogens with zero attached hydrogens (tertiary/aromatic N) is 1. The summed E-state index contributed by atoms with van der Waals surface area (Å²) in [6.07, 6.45) is 3.66. The number of hydrogen-bond donors (Lipinski definition) is 0. The summed E-state index contributed by atoms with van der Waals surface area (Å²) in [6.45, 7) is 10.6. The van der Waals surface area contributed by atoms with Crippen LogP contribution in [0.25, 0.3) is 0 Å². The van der Waals surface area contributed by atoms with E-state index in [4.69, 9.17) is 9.47 Å². The molecular formula is C16H27NO3. The Morgan fingerprint density at radius 3 is 2.55 bits per heavy atom. The maximum Gasteiger partial charge on any atom is 0.320 e. The fraction of sp³-hybridized carbons (Fsp3) is 0.938. The predicted molar refractivity (Wildman–Crippen MR) is 76.4 cm³/mol. The number of hydrogen-bond acceptors (Lipinski definition) is 4. The molecule has 3 fully saturated rings. The van der Waals surface area contributed by atoms with E-state index in [1.807, 2.05) is 0 Å². The third kappa shape index (κ3) is 2.17. The van der Waals surface area contributed by atoms with Crippen LogP contribution < -0.4 is 0 Å². The van der Waals surface area contributed by atoms with Crippen LogP contribution in [0.4, 0.5) is 0 Å². The van der Waals surface area contributed by atoms with Gasteiger partial charge in [-0.2, -0.15) is 0 Å². The zero-order valence-electron chi connectivity index (χ0n) is 13.0. The van der Waals surface area contributed by atoms with Crippen LogP contribution in [-0.2, 0) is 14.3 Å². The standard InChI is InChI=1S/C16H27NO3/c1-15(2)12-4-5-16(15,3)13(10-12)20-14(18)11-17-6-8-19-9-7-17/h12-13H,4-11H2,1-3H3/t12-,13+,16-/m0/s1. The Morgan fingerprint density at radius 2 is 2.00 bits per heavy atom. The SMILES string of the molecule is CC1(C)[C@H]2CC[C@@]1(C)[C@H](OC(=O)CN1CCOCC1)C2. The number of esters is 1. The number of morpholine rings is 1. The second-order valence-corrected chi connectivity index (χ2v) is 7.48. The highest BCUT2D eigenvalue weighted by Gasteiger charge is 2.62. The third-order valence-corrected chi connectivity index (χ3v) is 6.44. The Morgan fingerprint density at radius 1 is 1.30 bits per heavy atom. The maximum atomic E-state index is 12.2. The number of ether oxygens (including phenoxy) is 2. The fourth-order valence-corrected chi connectivity index (χ4v) is 4.45. The molecule has 4 nitrogen and oxygen atoms in total. The molecule has 0 N–H and O–H groups in total. The molecule has 0 radical (unpaired) electrons. The lowest BCUT2D eigenvalue weighted by Crippen LogP contribution is -2.43. The summed E-state index contributed by atoms with van der Waals surface area (Å²) < 4.78 is 11.2. The molecule has 0 spiro atoms. The molecule has 2 bridgehead atoms. The highest BCUT2D eigenvalue weighted by atomic mass is 16.5. The largest absolute Gasteiger partial charge is 0.461 e. The second kappa shape index (κ2) is 4.99. The molecule has 114 valence electrons. The summed E-state index contributed by atoms with van der Waals surface area (Å²) >= 11 is 0. The van der Waals surface area contributed by atoms with Gasteiger partial charge in [-0.1, -0.05) is 20.8 Å². The topological polar surface area (TPSA) is 38.8 Å². The van der Waals surface area contributed by atoms with Crippen LogP contribution in [0.5, 0.6) is 0 Å². The summed E-state index contributed by atoms with van der Waals surface area (Å²) in [4.78, 5) is 14.3. The molecule has 20 heavy (non-hydrogen) atoms. The summed E-state index contributed by atoms with van der Waals surface area (Å²) in [7, 11) is 0. The van der Waals surface area contributed by atoms with Crippen molar-refractivity contribution in [3.05, 3.63) is 0 Å². The summed E-state index contributed by atoms with van der Waals surface area (Å²) in [5.41, 5.74) is 0.468. The van der Waals surface area contributed by atoms with Gasteiger partial charge in [-0.25, -0.2) is 0 Å². The molecule has 1 saturated heterocycles. The van der Waals surface area contributed by atoms with Crippen molar-refractivity contribution >= 4 is 5.97 Å². The van der Waals surface area contributed by atoms with Gasteiger partial charge in [-0.15, -0.1) is 0 Å². The quantitative estimate of drug-likeness (QED) is 0.742. The van der Waals surface area contributed by atoms with Crippen molar-refractivity contribution in [1.29, 1.82) is 0 Å². The van der Waals surface area contributed by atoms with Gasteiger partial charge in [0, 0.05) is 18.5 Å². The Balaban J connectivity index is 1.57. The van der Waals surface area contributed by atoms with E-state index < -0.39 is 0 Å². The molecule has 0 aromatic heterocycles. The molecule has 0 unspecified atom stereocenters. The van der Waals surface area contributed by atoms with E-state index >= 15 is 0 Å². The monoisotopic (exact) mass is 281 g/mol. The lowest BCUT2D eigenvalue weighted by Gasteiger charge is -2.38. The van der Waals surface area contributed by atoms with Crippen LogP contribution in [0.3, 0.4) is 0 Å². The molecule has 0 aromatic carbocycles. The zero-order valence-corrected chi connectivity index (χ0v) is 13.0. The Hall–Kier alpha value is -0.610. The van der Waals surface area contributed by atoms with Crippen LogP contribution in [0, 0.1) is 16.7 Å². The van der Waals surface area contributed by atoms with E-state index in [1.54, 1.807) is 0 Å². The van der Waals surface area contributed by atoms with Crippen molar-refractivity contribution in [1.82, 2.24) is 4.90 Å². The molecule has 3 aliphatic rings. The van der Waals surface area contributed by atoms with Crippen molar-refractivity contribution in [2.75, 3.05) is 32.8 Å². The van der Waals surface area contributed by atoms with Gasteiger partial charge in [0.2, 0.25) is 0 Å². The number of carbonyl (C=O) groups is 1. The smallest absolute Gasteiger partial charge is 0.320 e. The van der Waals surface area contributed by atoms with Crippen molar-refractivity contribution in [3.8, 4) is 0 Å². The van der Waals surface area contributed by atoms with Gasteiger partial charge in [0.05, 0.1) is 19.8 Å². The van der Waals surface area contributed by atoms with Crippen LogP contribution in [0.2, 0.25) is 0 Å². The molecule has 3 rings (SSSR count). The van der Waals surface area contributed by atoms with E-state index in [9.17, 15) is 4.79 Å². The number of rotatable bonds is 3. The Bertz CT molecular complexity index is 389. The molecule has 3 atom stereocenters. The van der Waals surface area contributed by atoms with Gasteiger partial charge in [0.15, 0.2) is 0 Å². The van der Waals surface area contributed by atoms with Crippen LogP contribution in [0.1, 0.15) is 40.0 Å². The Kier molecular flexibility index (Phi) is 3.57. The highest BCUT2D eigenvalue weighted by Crippen LogP contribution is 2.66. The minimum atomic E-state index is -0.0542. The van der Waals surface area contributed by atoms with Gasteiger partial charge in [-0.3, -0.25) is 9.69 Å². The Labute approximate surface area is 121 Å². The van der Waals surface area contributed by atoms with Gasteiger partial charge in [0.1, 0.15) is 6.10 Å². The van der Waals surface area contributed by atoms with Crippen molar-refractivity contribution in [2.24, 2.45) is 16.7 Å². The van der Waals surface area contributed by atoms with E-state index in [-0.39, 0.29) is 17.5 Å². The molecule has 0 amide bonds. The minimum Gasteiger partial charge on any atom is -0.461 e. The van der Waals surface area contributed by atoms with Gasteiger partial charge in [0.25, 0.3) is 0 Å². The molecule has 2 aliphatic carbocycles. The van der Waals surface area contributed by atoms with E-state index in [0.717, 1.165) is 32.7 Å². The van der Waals surface area contributed by atoms with Crippen LogP contribution >= 0.6 is 0 Å². The molecule has 2 saturated carbocycles. The lowest BCUT2D eigenvalue weighted by atomic mass is 9.70. The molecule has 1 aliphatic heterocycles. The fourth-order valence-electron chi connectivity index (χ4n) is 4.45. The van der Waals surface area contributed by atoms with Gasteiger partial charge >= 0.3 is 5.97 Å². The first-order valence-corrected chi connectivity index (χ1v) is 7.93. The second-order valence-electron chi connectivity index (χ2n) is 7.48. The summed E-state index contributed by atoms with van der Waals surface area (Å²) in [5, 5.41) is 0. The van der Waals surface area contributed by atoms with E-state index in [0.29, 0.717) is 17.9 Å². The minimum absolute atomic E-state index is 0.0542. The summed E-state index contributed by atoms with van der Waals surface area (Å²) in [5.74, 6) is 0.662. The average molecular weight is 281 g/mol. The number of fused-ring (bicyclic) bond motifs is 2. The first-order chi connectivity index (χ1) is 9.43. The zero-order chi connectivity index (χ0) is 14.4. The lowest BCUT2D eigenvalue weighted by molar-refractivity contribution is -0.159. The summed E-state index contributed by atoms with van der Waals surface area (Å²) in [6, 6.07) is 0. The van der Waals surface area contributed by atoms with Gasteiger partial charge in [-0.05, 0) is 30.6 Å².